The Morgan fingerprint density at radius 3 is 2.45 bits per heavy atom. The van der Waals surface area contributed by atoms with Crippen molar-refractivity contribution in [2.24, 2.45) is 11.8 Å². The minimum Gasteiger partial charge on any atom is -0.342 e. The summed E-state index contributed by atoms with van der Waals surface area (Å²) < 4.78 is 13.6. The van der Waals surface area contributed by atoms with Gasteiger partial charge in [0.1, 0.15) is 5.82 Å². The molecule has 1 N–H and O–H groups in total. The van der Waals surface area contributed by atoms with Crippen LogP contribution in [0.3, 0.4) is 0 Å². The van der Waals surface area contributed by atoms with Gasteiger partial charge in [0.25, 0.3) is 0 Å². The zero-order valence-corrected chi connectivity index (χ0v) is 12.9. The van der Waals surface area contributed by atoms with Crippen LogP contribution in [-0.2, 0) is 9.59 Å². The second-order valence-electron chi connectivity index (χ2n) is 5.99. The van der Waals surface area contributed by atoms with E-state index in [1.807, 2.05) is 4.90 Å². The first kappa shape index (κ1) is 15.3. The van der Waals surface area contributed by atoms with Crippen molar-refractivity contribution in [2.45, 2.75) is 25.7 Å². The van der Waals surface area contributed by atoms with E-state index in [2.05, 4.69) is 5.32 Å². The molecule has 1 aromatic carbocycles. The Morgan fingerprint density at radius 1 is 1.14 bits per heavy atom. The number of anilines is 1. The van der Waals surface area contributed by atoms with E-state index in [1.165, 1.54) is 18.2 Å². The van der Waals surface area contributed by atoms with Crippen molar-refractivity contribution in [1.29, 1.82) is 0 Å². The van der Waals surface area contributed by atoms with Crippen LogP contribution in [0.2, 0.25) is 5.02 Å². The van der Waals surface area contributed by atoms with Gasteiger partial charge in [-0.15, -0.1) is 0 Å². The predicted octanol–water partition coefficient (Wildman–Crippen LogP) is 3.07. The number of nitrogens with one attached hydrogen (secondary N) is 1. The number of benzene rings is 1. The standard InChI is InChI=1S/C16H18ClFN2O2/c17-12-3-4-13(18)14(9-12)19-15(21)10-5-7-20(8-6-10)16(22)11-1-2-11/h3-4,9-11H,1-2,5-8H2,(H,19,21). The molecule has 0 bridgehead atoms. The van der Waals surface area contributed by atoms with Crippen LogP contribution in [0.15, 0.2) is 18.2 Å². The van der Waals surface area contributed by atoms with Gasteiger partial charge < -0.3 is 10.2 Å². The SMILES string of the molecule is O=C(Nc1cc(Cl)ccc1F)C1CCN(C(=O)C2CC2)CC1. The number of piperidine rings is 1. The van der Waals surface area contributed by atoms with Crippen molar-refractivity contribution in [2.75, 3.05) is 18.4 Å². The van der Waals surface area contributed by atoms with Crippen molar-refractivity contribution in [3.8, 4) is 0 Å². The maximum absolute atomic E-state index is 13.6. The molecule has 0 radical (unpaired) electrons. The Kier molecular flexibility index (Phi) is 4.34. The Balaban J connectivity index is 1.55. The Bertz CT molecular complexity index is 596. The molecule has 0 unspecified atom stereocenters. The lowest BCUT2D eigenvalue weighted by Gasteiger charge is -2.31. The molecule has 1 saturated carbocycles. The van der Waals surface area contributed by atoms with Crippen LogP contribution in [0.4, 0.5) is 10.1 Å². The molecule has 2 fully saturated rings. The number of carbonyl (C=O) groups excluding carboxylic acids is 2. The van der Waals surface area contributed by atoms with Crippen LogP contribution in [0.1, 0.15) is 25.7 Å². The first-order valence-corrected chi connectivity index (χ1v) is 7.97. The van der Waals surface area contributed by atoms with E-state index in [4.69, 9.17) is 11.6 Å². The number of halogens is 2. The summed E-state index contributed by atoms with van der Waals surface area (Å²) in [5.41, 5.74) is 0.106. The van der Waals surface area contributed by atoms with Gasteiger partial charge in [0, 0.05) is 29.9 Å². The lowest BCUT2D eigenvalue weighted by molar-refractivity contribution is -0.135. The number of hydrogen-bond acceptors (Lipinski definition) is 2. The number of nitrogens with zero attached hydrogens (tertiary/aromatic N) is 1. The molecular formula is C16H18ClFN2O2. The lowest BCUT2D eigenvalue weighted by atomic mass is 9.95. The third-order valence-electron chi connectivity index (χ3n) is 4.29. The third kappa shape index (κ3) is 3.40. The molecule has 0 spiro atoms. The van der Waals surface area contributed by atoms with Crippen LogP contribution in [-0.4, -0.2) is 29.8 Å². The number of hydrogen-bond donors (Lipinski definition) is 1. The summed E-state index contributed by atoms with van der Waals surface area (Å²) in [5.74, 6) is -0.467. The highest BCUT2D eigenvalue weighted by Crippen LogP contribution is 2.32. The largest absolute Gasteiger partial charge is 0.342 e. The average Bonchev–Trinajstić information content (AvgIpc) is 3.35. The molecule has 22 heavy (non-hydrogen) atoms. The van der Waals surface area contributed by atoms with Gasteiger partial charge in [-0.1, -0.05) is 11.6 Å². The fourth-order valence-corrected chi connectivity index (χ4v) is 2.95. The van der Waals surface area contributed by atoms with Crippen molar-refractivity contribution in [1.82, 2.24) is 4.90 Å². The van der Waals surface area contributed by atoms with Crippen LogP contribution >= 0.6 is 11.6 Å². The number of likely N-dealkylation sites (tertiary alicyclic amines) is 1. The van der Waals surface area contributed by atoms with Gasteiger partial charge in [0.2, 0.25) is 11.8 Å². The zero-order valence-electron chi connectivity index (χ0n) is 12.1. The van der Waals surface area contributed by atoms with Gasteiger partial charge in [-0.05, 0) is 43.9 Å². The molecule has 6 heteroatoms. The van der Waals surface area contributed by atoms with E-state index in [1.54, 1.807) is 0 Å². The average molecular weight is 325 g/mol. The third-order valence-corrected chi connectivity index (χ3v) is 4.53. The topological polar surface area (TPSA) is 49.4 Å². The lowest BCUT2D eigenvalue weighted by Crippen LogP contribution is -2.42. The molecule has 0 atom stereocenters. The quantitative estimate of drug-likeness (QED) is 0.929. The molecule has 1 aliphatic carbocycles. The fourth-order valence-electron chi connectivity index (χ4n) is 2.78. The molecule has 1 aromatic rings. The smallest absolute Gasteiger partial charge is 0.227 e. The molecule has 2 aliphatic rings. The Hall–Kier alpha value is -1.62. The highest BCUT2D eigenvalue weighted by molar-refractivity contribution is 6.30. The molecule has 3 rings (SSSR count). The monoisotopic (exact) mass is 324 g/mol. The summed E-state index contributed by atoms with van der Waals surface area (Å²) in [6.45, 7) is 1.21. The van der Waals surface area contributed by atoms with E-state index in [9.17, 15) is 14.0 Å². The van der Waals surface area contributed by atoms with Crippen molar-refractivity contribution in [3.05, 3.63) is 29.0 Å². The molecule has 1 saturated heterocycles. The second kappa shape index (κ2) is 6.24. The van der Waals surface area contributed by atoms with Gasteiger partial charge >= 0.3 is 0 Å². The normalized spacial score (nSPS) is 19.1. The minimum atomic E-state index is -0.501. The Morgan fingerprint density at radius 2 is 1.82 bits per heavy atom. The summed E-state index contributed by atoms with van der Waals surface area (Å²) >= 11 is 5.81. The van der Waals surface area contributed by atoms with E-state index in [0.717, 1.165) is 12.8 Å². The maximum Gasteiger partial charge on any atom is 0.227 e. The molecule has 1 heterocycles. The Labute approximate surface area is 133 Å². The van der Waals surface area contributed by atoms with E-state index < -0.39 is 5.82 Å². The summed E-state index contributed by atoms with van der Waals surface area (Å²) in [5, 5.41) is 2.97. The molecule has 118 valence electrons. The highest BCUT2D eigenvalue weighted by atomic mass is 35.5. The summed E-state index contributed by atoms with van der Waals surface area (Å²) in [6, 6.07) is 4.07. The summed E-state index contributed by atoms with van der Waals surface area (Å²) in [7, 11) is 0. The van der Waals surface area contributed by atoms with Gasteiger partial charge in [0.05, 0.1) is 5.69 Å². The number of amides is 2. The van der Waals surface area contributed by atoms with Gasteiger partial charge in [-0.2, -0.15) is 0 Å². The highest BCUT2D eigenvalue weighted by Gasteiger charge is 2.36. The minimum absolute atomic E-state index is 0.106. The van der Waals surface area contributed by atoms with Crippen molar-refractivity contribution < 1.29 is 14.0 Å². The van der Waals surface area contributed by atoms with Gasteiger partial charge in [-0.3, -0.25) is 9.59 Å². The van der Waals surface area contributed by atoms with Crippen LogP contribution in [0, 0.1) is 17.7 Å². The van der Waals surface area contributed by atoms with Gasteiger partial charge in [0.15, 0.2) is 0 Å². The van der Waals surface area contributed by atoms with E-state index in [0.29, 0.717) is 31.0 Å². The van der Waals surface area contributed by atoms with Crippen LogP contribution in [0.25, 0.3) is 0 Å². The molecular weight excluding hydrogens is 307 g/mol. The summed E-state index contributed by atoms with van der Waals surface area (Å²) in [6.07, 6.45) is 3.22. The summed E-state index contributed by atoms with van der Waals surface area (Å²) in [4.78, 5) is 26.0. The van der Waals surface area contributed by atoms with Crippen molar-refractivity contribution >= 4 is 29.1 Å². The van der Waals surface area contributed by atoms with E-state index in [-0.39, 0.29) is 29.3 Å². The van der Waals surface area contributed by atoms with E-state index >= 15 is 0 Å². The van der Waals surface area contributed by atoms with Crippen molar-refractivity contribution in [3.63, 3.8) is 0 Å². The predicted molar refractivity (Wildman–Crippen MR) is 82.1 cm³/mol. The molecule has 4 nitrogen and oxygen atoms in total. The van der Waals surface area contributed by atoms with Crippen LogP contribution in [0.5, 0.6) is 0 Å². The molecule has 0 aromatic heterocycles. The fraction of sp³-hybridized carbons (Fsp3) is 0.500. The van der Waals surface area contributed by atoms with Crippen LogP contribution < -0.4 is 5.32 Å². The number of carbonyl (C=O) groups is 2. The number of rotatable bonds is 3. The first-order chi connectivity index (χ1) is 10.5. The maximum atomic E-state index is 13.6. The first-order valence-electron chi connectivity index (χ1n) is 7.59. The van der Waals surface area contributed by atoms with Gasteiger partial charge in [-0.25, -0.2) is 4.39 Å². The second-order valence-corrected chi connectivity index (χ2v) is 6.42. The molecule has 2 amide bonds. The molecule has 1 aliphatic heterocycles. The zero-order chi connectivity index (χ0) is 15.7.